The number of benzene rings is 2. The van der Waals surface area contributed by atoms with E-state index in [4.69, 9.17) is 10.1 Å². The number of fused-ring (bicyclic) bond motifs is 1. The molecule has 2 aromatic carbocycles. The molecule has 156 valence electrons. The number of halogens is 1. The number of aromatic nitrogens is 1. The molecule has 1 heterocycles. The number of thiazole rings is 1. The highest BCUT2D eigenvalue weighted by atomic mass is 32.2. The average molecular weight is 449 g/mol. The van der Waals surface area contributed by atoms with Gasteiger partial charge in [-0.25, -0.2) is 22.9 Å². The molecular formula is C19H17FN4O4S2. The Labute approximate surface area is 175 Å². The van der Waals surface area contributed by atoms with Crippen LogP contribution in [0.1, 0.15) is 29.5 Å². The van der Waals surface area contributed by atoms with Gasteiger partial charge in [-0.3, -0.25) is 10.1 Å². The maximum atomic E-state index is 13.2. The molecule has 0 radical (unpaired) electrons. The first-order chi connectivity index (χ1) is 14.2. The predicted octanol–water partition coefficient (Wildman–Crippen LogP) is 3.99. The number of nitro benzene ring substituents is 1. The molecule has 3 N–H and O–H groups in total. The number of aryl methyl sites for hydroxylation is 1. The first kappa shape index (κ1) is 20.4. The monoisotopic (exact) mass is 448 g/mol. The van der Waals surface area contributed by atoms with Gasteiger partial charge in [0.15, 0.2) is 0 Å². The Morgan fingerprint density at radius 3 is 2.63 bits per heavy atom. The Morgan fingerprint density at radius 2 is 1.97 bits per heavy atom. The number of nitrogens with two attached hydrogens (primary N) is 1. The lowest BCUT2D eigenvalue weighted by Gasteiger charge is -2.23. The van der Waals surface area contributed by atoms with Crippen LogP contribution in [-0.2, 0) is 16.4 Å². The van der Waals surface area contributed by atoms with Crippen LogP contribution < -0.4 is 10.5 Å². The quantitative estimate of drug-likeness (QED) is 0.449. The second-order valence-corrected chi connectivity index (χ2v) is 9.55. The van der Waals surface area contributed by atoms with Gasteiger partial charge in [0, 0.05) is 16.5 Å². The second-order valence-electron chi connectivity index (χ2n) is 6.90. The zero-order valence-corrected chi connectivity index (χ0v) is 17.2. The van der Waals surface area contributed by atoms with E-state index in [9.17, 15) is 22.9 Å². The van der Waals surface area contributed by atoms with Gasteiger partial charge in [0.1, 0.15) is 16.5 Å². The molecule has 0 amide bonds. The standard InChI is InChI=1S/C19H17FN4O4S2/c20-12-6-4-11(5-7-12)19-23-18-15(2-1-3-17(18)29-19)22-14-9-8-13(30(21,27)28)10-16(14)24(25)26/h4-10,15,22H,1-3H2,(H2,21,27,28). The highest BCUT2D eigenvalue weighted by Crippen LogP contribution is 2.40. The third-order valence-corrected chi connectivity index (χ3v) is 6.96. The number of hydrogen-bond acceptors (Lipinski definition) is 7. The summed E-state index contributed by atoms with van der Waals surface area (Å²) in [5, 5.41) is 20.5. The zero-order chi connectivity index (χ0) is 21.5. The van der Waals surface area contributed by atoms with Crippen molar-refractivity contribution in [3.05, 3.63) is 69.0 Å². The number of sulfonamides is 1. The molecule has 0 spiro atoms. The van der Waals surface area contributed by atoms with Crippen LogP contribution in [0.3, 0.4) is 0 Å². The summed E-state index contributed by atoms with van der Waals surface area (Å²) in [6, 6.07) is 9.35. The fraction of sp³-hybridized carbons (Fsp3) is 0.211. The van der Waals surface area contributed by atoms with E-state index in [1.54, 1.807) is 12.1 Å². The lowest BCUT2D eigenvalue weighted by Crippen LogP contribution is -2.18. The zero-order valence-electron chi connectivity index (χ0n) is 15.5. The molecule has 0 saturated heterocycles. The van der Waals surface area contributed by atoms with Crippen LogP contribution in [0, 0.1) is 15.9 Å². The van der Waals surface area contributed by atoms with Crippen LogP contribution in [0.15, 0.2) is 47.4 Å². The van der Waals surface area contributed by atoms with Crippen LogP contribution in [0.2, 0.25) is 0 Å². The van der Waals surface area contributed by atoms with E-state index in [2.05, 4.69) is 5.32 Å². The van der Waals surface area contributed by atoms with Crippen molar-refractivity contribution in [3.8, 4) is 10.6 Å². The lowest BCUT2D eigenvalue weighted by molar-refractivity contribution is -0.384. The highest BCUT2D eigenvalue weighted by Gasteiger charge is 2.28. The van der Waals surface area contributed by atoms with E-state index in [-0.39, 0.29) is 28.1 Å². The van der Waals surface area contributed by atoms with Gasteiger partial charge in [-0.05, 0) is 55.7 Å². The molecular weight excluding hydrogens is 431 g/mol. The maximum Gasteiger partial charge on any atom is 0.293 e. The number of primary sulfonamides is 1. The smallest absolute Gasteiger partial charge is 0.293 e. The number of rotatable bonds is 5. The summed E-state index contributed by atoms with van der Waals surface area (Å²) in [7, 11) is -4.06. The van der Waals surface area contributed by atoms with Crippen LogP contribution >= 0.6 is 11.3 Å². The second kappa shape index (κ2) is 7.74. The van der Waals surface area contributed by atoms with Crippen LogP contribution in [0.5, 0.6) is 0 Å². The molecule has 4 rings (SSSR count). The minimum Gasteiger partial charge on any atom is -0.371 e. The van der Waals surface area contributed by atoms with E-state index in [0.717, 1.165) is 40.1 Å². The Balaban J connectivity index is 1.68. The summed E-state index contributed by atoms with van der Waals surface area (Å²) < 4.78 is 36.3. The summed E-state index contributed by atoms with van der Waals surface area (Å²) in [6.45, 7) is 0. The Kier molecular flexibility index (Phi) is 5.26. The molecule has 3 aromatic rings. The topological polar surface area (TPSA) is 128 Å². The van der Waals surface area contributed by atoms with E-state index in [0.29, 0.717) is 6.42 Å². The molecule has 1 aromatic heterocycles. The summed E-state index contributed by atoms with van der Waals surface area (Å²) in [5.74, 6) is -0.324. The number of nitrogens with zero attached hydrogens (tertiary/aromatic N) is 2. The minimum atomic E-state index is -4.06. The SMILES string of the molecule is NS(=O)(=O)c1ccc(NC2CCCc3sc(-c4ccc(F)cc4)nc32)c([N+](=O)[O-])c1. The van der Waals surface area contributed by atoms with Gasteiger partial charge < -0.3 is 5.32 Å². The molecule has 30 heavy (non-hydrogen) atoms. The lowest BCUT2D eigenvalue weighted by atomic mass is 9.97. The van der Waals surface area contributed by atoms with Crippen molar-refractivity contribution in [1.29, 1.82) is 0 Å². The van der Waals surface area contributed by atoms with Crippen molar-refractivity contribution in [1.82, 2.24) is 4.98 Å². The van der Waals surface area contributed by atoms with Gasteiger partial charge in [0.25, 0.3) is 5.69 Å². The summed E-state index contributed by atoms with van der Waals surface area (Å²) >= 11 is 1.52. The van der Waals surface area contributed by atoms with Gasteiger partial charge >= 0.3 is 0 Å². The first-order valence-corrected chi connectivity index (χ1v) is 11.4. The summed E-state index contributed by atoms with van der Waals surface area (Å²) in [5.41, 5.74) is 1.43. The first-order valence-electron chi connectivity index (χ1n) is 9.05. The molecule has 1 aliphatic rings. The molecule has 0 fully saturated rings. The average Bonchev–Trinajstić information content (AvgIpc) is 3.13. The van der Waals surface area contributed by atoms with Gasteiger partial charge in [0.05, 0.1) is 21.6 Å². The molecule has 8 nitrogen and oxygen atoms in total. The number of hydrogen-bond donors (Lipinski definition) is 2. The van der Waals surface area contributed by atoms with Crippen LogP contribution in [0.25, 0.3) is 10.6 Å². The fourth-order valence-electron chi connectivity index (χ4n) is 3.42. The molecule has 11 heteroatoms. The Hall–Kier alpha value is -2.89. The van der Waals surface area contributed by atoms with Gasteiger partial charge in [-0.1, -0.05) is 0 Å². The van der Waals surface area contributed by atoms with Crippen molar-refractivity contribution < 1.29 is 17.7 Å². The van der Waals surface area contributed by atoms with Crippen molar-refractivity contribution in [3.63, 3.8) is 0 Å². The molecule has 1 aliphatic carbocycles. The van der Waals surface area contributed by atoms with E-state index < -0.39 is 14.9 Å². The van der Waals surface area contributed by atoms with E-state index >= 15 is 0 Å². The van der Waals surface area contributed by atoms with Gasteiger partial charge in [-0.2, -0.15) is 0 Å². The number of nitro groups is 1. The number of anilines is 1. The van der Waals surface area contributed by atoms with E-state index in [1.807, 2.05) is 0 Å². The van der Waals surface area contributed by atoms with Crippen LogP contribution in [-0.4, -0.2) is 18.3 Å². The maximum absolute atomic E-state index is 13.2. The number of nitrogens with one attached hydrogen (secondary N) is 1. The highest BCUT2D eigenvalue weighted by molar-refractivity contribution is 7.89. The minimum absolute atomic E-state index is 0.196. The fourth-order valence-corrected chi connectivity index (χ4v) is 5.13. The summed E-state index contributed by atoms with van der Waals surface area (Å²) in [4.78, 5) is 16.3. The van der Waals surface area contributed by atoms with E-state index in [1.165, 1.54) is 35.6 Å². The van der Waals surface area contributed by atoms with Gasteiger partial charge in [-0.15, -0.1) is 11.3 Å². The molecule has 0 bridgehead atoms. The van der Waals surface area contributed by atoms with Crippen molar-refractivity contribution in [2.45, 2.75) is 30.2 Å². The molecule has 1 atom stereocenters. The molecule has 0 aliphatic heterocycles. The normalized spacial score (nSPS) is 16.1. The van der Waals surface area contributed by atoms with Gasteiger partial charge in [0.2, 0.25) is 10.0 Å². The Morgan fingerprint density at radius 1 is 1.23 bits per heavy atom. The Bertz CT molecular complexity index is 1230. The van der Waals surface area contributed by atoms with Crippen molar-refractivity contribution >= 4 is 32.7 Å². The predicted molar refractivity (Wildman–Crippen MR) is 111 cm³/mol. The molecule has 1 unspecified atom stereocenters. The third-order valence-electron chi connectivity index (χ3n) is 4.87. The van der Waals surface area contributed by atoms with Crippen molar-refractivity contribution in [2.75, 3.05) is 5.32 Å². The third kappa shape index (κ3) is 4.04. The largest absolute Gasteiger partial charge is 0.371 e. The van der Waals surface area contributed by atoms with Crippen molar-refractivity contribution in [2.24, 2.45) is 5.14 Å². The molecule has 0 saturated carbocycles. The summed E-state index contributed by atoms with van der Waals surface area (Å²) in [6.07, 6.45) is 2.44. The van der Waals surface area contributed by atoms with Crippen LogP contribution in [0.4, 0.5) is 15.8 Å².